The molecule has 1 unspecified atom stereocenters. The van der Waals surface area contributed by atoms with Crippen LogP contribution >= 0.6 is 12.4 Å². The predicted molar refractivity (Wildman–Crippen MR) is 92.0 cm³/mol. The lowest BCUT2D eigenvalue weighted by molar-refractivity contribution is -0.117. The highest BCUT2D eigenvalue weighted by Crippen LogP contribution is 2.37. The molecule has 2 fully saturated rings. The molecule has 2 aliphatic rings. The minimum Gasteiger partial charge on any atom is -0.339 e. The summed E-state index contributed by atoms with van der Waals surface area (Å²) in [7, 11) is 0. The van der Waals surface area contributed by atoms with E-state index in [0.29, 0.717) is 18.3 Å². The molecule has 1 saturated carbocycles. The average molecular weight is 367 g/mol. The summed E-state index contributed by atoms with van der Waals surface area (Å²) in [4.78, 5) is 18.2. The molecule has 1 saturated heterocycles. The van der Waals surface area contributed by atoms with E-state index in [0.717, 1.165) is 25.7 Å². The summed E-state index contributed by atoms with van der Waals surface area (Å²) in [5.41, 5.74) is 6.12. The Hall–Kier alpha value is -1.99. The maximum atomic E-state index is 13.9. The number of carbonyl (C=O) groups is 1. The third-order valence-electron chi connectivity index (χ3n) is 5.00. The van der Waals surface area contributed by atoms with E-state index in [-0.39, 0.29) is 36.3 Å². The number of hydrogen-bond acceptors (Lipinski definition) is 5. The fourth-order valence-electron chi connectivity index (χ4n) is 3.61. The van der Waals surface area contributed by atoms with E-state index in [1.165, 1.54) is 11.0 Å². The smallest absolute Gasteiger partial charge is 0.232 e. The lowest BCUT2D eigenvalue weighted by atomic mass is 9.98. The minimum absolute atomic E-state index is 0. The van der Waals surface area contributed by atoms with Crippen molar-refractivity contribution in [2.75, 3.05) is 11.4 Å². The molecule has 8 heteroatoms. The van der Waals surface area contributed by atoms with Crippen LogP contribution in [-0.4, -0.2) is 22.6 Å². The van der Waals surface area contributed by atoms with E-state index in [2.05, 4.69) is 10.1 Å². The Labute approximate surface area is 151 Å². The van der Waals surface area contributed by atoms with Gasteiger partial charge in [-0.1, -0.05) is 30.1 Å². The van der Waals surface area contributed by atoms with Gasteiger partial charge in [0.25, 0.3) is 0 Å². The molecule has 1 aromatic heterocycles. The summed E-state index contributed by atoms with van der Waals surface area (Å²) in [6.45, 7) is 0.332. The van der Waals surface area contributed by atoms with E-state index < -0.39 is 11.4 Å². The highest BCUT2D eigenvalue weighted by Gasteiger charge is 2.39. The Morgan fingerprint density at radius 1 is 1.28 bits per heavy atom. The van der Waals surface area contributed by atoms with Crippen LogP contribution in [0.1, 0.15) is 49.7 Å². The summed E-state index contributed by atoms with van der Waals surface area (Å²) in [5.74, 6) is 0.141. The topological polar surface area (TPSA) is 85.2 Å². The fraction of sp³-hybridized carbons (Fsp3) is 0.471. The zero-order valence-corrected chi connectivity index (χ0v) is 14.5. The van der Waals surface area contributed by atoms with E-state index in [1.807, 2.05) is 0 Å². The Kier molecular flexibility index (Phi) is 4.79. The first-order valence-corrected chi connectivity index (χ1v) is 8.25. The summed E-state index contributed by atoms with van der Waals surface area (Å²) < 4.78 is 19.3. The Balaban J connectivity index is 0.00000182. The highest BCUT2D eigenvalue weighted by molar-refractivity contribution is 5.96. The van der Waals surface area contributed by atoms with Crippen LogP contribution in [0.2, 0.25) is 0 Å². The zero-order chi connectivity index (χ0) is 16.7. The number of rotatable bonds is 3. The molecule has 134 valence electrons. The largest absolute Gasteiger partial charge is 0.339 e. The van der Waals surface area contributed by atoms with Crippen molar-refractivity contribution in [2.45, 2.75) is 43.6 Å². The fourth-order valence-corrected chi connectivity index (χ4v) is 3.61. The van der Waals surface area contributed by atoms with Crippen molar-refractivity contribution >= 4 is 24.0 Å². The summed E-state index contributed by atoms with van der Waals surface area (Å²) in [5, 5.41) is 4.04. The molecule has 1 atom stereocenters. The van der Waals surface area contributed by atoms with Crippen molar-refractivity contribution in [3.05, 3.63) is 41.8 Å². The lowest BCUT2D eigenvalue weighted by Gasteiger charge is -2.18. The first-order chi connectivity index (χ1) is 11.6. The number of halogens is 2. The van der Waals surface area contributed by atoms with Gasteiger partial charge in [0.2, 0.25) is 11.8 Å². The number of benzene rings is 1. The number of para-hydroxylation sites is 1. The lowest BCUT2D eigenvalue weighted by Crippen LogP contribution is -2.34. The molecular formula is C17H20ClFN4O2. The van der Waals surface area contributed by atoms with Crippen LogP contribution in [0.5, 0.6) is 0 Å². The van der Waals surface area contributed by atoms with Gasteiger partial charge < -0.3 is 15.2 Å². The van der Waals surface area contributed by atoms with Gasteiger partial charge in [0.1, 0.15) is 5.82 Å². The van der Waals surface area contributed by atoms with Gasteiger partial charge in [-0.25, -0.2) is 4.39 Å². The molecule has 2 N–H and O–H groups in total. The molecule has 0 bridgehead atoms. The molecule has 25 heavy (non-hydrogen) atoms. The third kappa shape index (κ3) is 3.14. The minimum atomic E-state index is -0.518. The van der Waals surface area contributed by atoms with Crippen molar-refractivity contribution in [3.8, 4) is 0 Å². The van der Waals surface area contributed by atoms with Crippen LogP contribution in [0, 0.1) is 5.82 Å². The number of carbonyl (C=O) groups excluding carboxylic acids is 1. The van der Waals surface area contributed by atoms with Gasteiger partial charge in [-0.05, 0) is 25.0 Å². The molecular weight excluding hydrogens is 347 g/mol. The number of aromatic nitrogens is 2. The Bertz CT molecular complexity index is 776. The molecule has 1 aromatic carbocycles. The van der Waals surface area contributed by atoms with Crippen LogP contribution in [0.3, 0.4) is 0 Å². The van der Waals surface area contributed by atoms with Gasteiger partial charge >= 0.3 is 0 Å². The third-order valence-corrected chi connectivity index (χ3v) is 5.00. The molecule has 6 nitrogen and oxygen atoms in total. The van der Waals surface area contributed by atoms with Gasteiger partial charge in [-0.3, -0.25) is 4.79 Å². The van der Waals surface area contributed by atoms with Crippen LogP contribution in [0.4, 0.5) is 10.1 Å². The summed E-state index contributed by atoms with van der Waals surface area (Å²) in [6.07, 6.45) is 4.04. The van der Waals surface area contributed by atoms with Gasteiger partial charge in [0.15, 0.2) is 5.82 Å². The number of amides is 1. The van der Waals surface area contributed by atoms with Crippen LogP contribution < -0.4 is 10.6 Å². The van der Waals surface area contributed by atoms with Crippen LogP contribution in [0.15, 0.2) is 28.8 Å². The first-order valence-electron chi connectivity index (χ1n) is 8.25. The maximum Gasteiger partial charge on any atom is 0.232 e. The Morgan fingerprint density at radius 2 is 2.00 bits per heavy atom. The van der Waals surface area contributed by atoms with Gasteiger partial charge in [-0.2, -0.15) is 4.98 Å². The van der Waals surface area contributed by atoms with Gasteiger partial charge in [0.05, 0.1) is 17.1 Å². The van der Waals surface area contributed by atoms with Crippen molar-refractivity contribution < 1.29 is 13.7 Å². The standard InChI is InChI=1S/C17H19FN4O2.ClH/c18-12-5-1-2-6-13(12)22-10-11(9-14(22)23)15-20-16(21-24-15)17(19)7-3-4-8-17;/h1-2,5-6,11H,3-4,7-10,19H2;1H. The first kappa shape index (κ1) is 17.8. The molecule has 0 spiro atoms. The van der Waals surface area contributed by atoms with E-state index >= 15 is 0 Å². The average Bonchev–Trinajstić information content (AvgIpc) is 3.28. The molecule has 1 aliphatic heterocycles. The van der Waals surface area contributed by atoms with E-state index in [9.17, 15) is 9.18 Å². The number of hydrogen-bond donors (Lipinski definition) is 1. The maximum absolute atomic E-state index is 13.9. The monoisotopic (exact) mass is 366 g/mol. The predicted octanol–water partition coefficient (Wildman–Crippen LogP) is 2.88. The Morgan fingerprint density at radius 3 is 2.72 bits per heavy atom. The van der Waals surface area contributed by atoms with Gasteiger partial charge in [-0.15, -0.1) is 12.4 Å². The van der Waals surface area contributed by atoms with E-state index in [1.54, 1.807) is 18.2 Å². The van der Waals surface area contributed by atoms with E-state index in [4.69, 9.17) is 10.3 Å². The van der Waals surface area contributed by atoms with Crippen LogP contribution in [0.25, 0.3) is 0 Å². The highest BCUT2D eigenvalue weighted by atomic mass is 35.5. The van der Waals surface area contributed by atoms with Crippen LogP contribution in [-0.2, 0) is 10.3 Å². The quantitative estimate of drug-likeness (QED) is 0.902. The second kappa shape index (κ2) is 6.72. The molecule has 1 amide bonds. The zero-order valence-electron chi connectivity index (χ0n) is 13.7. The van der Waals surface area contributed by atoms with Crippen molar-refractivity contribution in [1.29, 1.82) is 0 Å². The van der Waals surface area contributed by atoms with Crippen molar-refractivity contribution in [2.24, 2.45) is 5.73 Å². The number of nitrogens with zero attached hydrogens (tertiary/aromatic N) is 3. The number of nitrogens with two attached hydrogens (primary N) is 1. The molecule has 4 rings (SSSR count). The van der Waals surface area contributed by atoms with Gasteiger partial charge in [0, 0.05) is 13.0 Å². The summed E-state index contributed by atoms with van der Waals surface area (Å²) in [6, 6.07) is 6.26. The normalized spacial score (nSPS) is 22.2. The SMILES string of the molecule is Cl.NC1(c2noc(C3CC(=O)N(c4ccccc4F)C3)n2)CCCC1. The second-order valence-electron chi connectivity index (χ2n) is 6.68. The number of anilines is 1. The second-order valence-corrected chi connectivity index (χ2v) is 6.68. The molecule has 1 aliphatic carbocycles. The van der Waals surface area contributed by atoms with Crippen molar-refractivity contribution in [3.63, 3.8) is 0 Å². The molecule has 2 aromatic rings. The molecule has 2 heterocycles. The van der Waals surface area contributed by atoms with Crippen molar-refractivity contribution in [1.82, 2.24) is 10.1 Å². The summed E-state index contributed by atoms with van der Waals surface area (Å²) >= 11 is 0. The molecule has 0 radical (unpaired) electrons.